The number of nitrogens with one attached hydrogen (secondary N) is 1. The minimum atomic E-state index is -0.834. The number of fused-ring (bicyclic) bond motifs is 1. The third kappa shape index (κ3) is 3.55. The van der Waals surface area contributed by atoms with Crippen LogP contribution in [0.25, 0.3) is 10.8 Å². The van der Waals surface area contributed by atoms with Gasteiger partial charge in [-0.3, -0.25) is 0 Å². The molecule has 2 nitrogen and oxygen atoms in total. The van der Waals surface area contributed by atoms with Gasteiger partial charge in [-0.15, -0.1) is 0 Å². The lowest BCUT2D eigenvalue weighted by atomic mass is 9.93. The zero-order valence-corrected chi connectivity index (χ0v) is 12.0. The van der Waals surface area contributed by atoms with E-state index in [1.165, 1.54) is 10.8 Å². The van der Waals surface area contributed by atoms with Crippen LogP contribution in [0.5, 0.6) is 0 Å². The Balaban J connectivity index is 2.17. The summed E-state index contributed by atoms with van der Waals surface area (Å²) in [5, 5.41) is 16.3. The van der Waals surface area contributed by atoms with Gasteiger partial charge in [-0.1, -0.05) is 50.2 Å². The van der Waals surface area contributed by atoms with Crippen molar-refractivity contribution in [1.29, 1.82) is 0 Å². The fourth-order valence-corrected chi connectivity index (χ4v) is 2.23. The first kappa shape index (κ1) is 14.0. The Bertz CT molecular complexity index is 546. The van der Waals surface area contributed by atoms with Crippen molar-refractivity contribution in [3.8, 4) is 0 Å². The topological polar surface area (TPSA) is 32.3 Å². The average molecular weight is 257 g/mol. The molecule has 0 saturated carbocycles. The van der Waals surface area contributed by atoms with Gasteiger partial charge >= 0.3 is 0 Å². The van der Waals surface area contributed by atoms with Crippen molar-refractivity contribution in [1.82, 2.24) is 5.32 Å². The van der Waals surface area contributed by atoms with Gasteiger partial charge in [-0.2, -0.15) is 0 Å². The SMILES string of the molecule is CC(C)CNCC(C)(O)c1ccc2ccccc2c1. The van der Waals surface area contributed by atoms with Crippen LogP contribution in [0.4, 0.5) is 0 Å². The predicted molar refractivity (Wildman–Crippen MR) is 81.2 cm³/mol. The summed E-state index contributed by atoms with van der Waals surface area (Å²) in [5.41, 5.74) is 0.126. The van der Waals surface area contributed by atoms with Crippen LogP contribution in [0.15, 0.2) is 42.5 Å². The second-order valence-corrected chi connectivity index (χ2v) is 5.86. The molecule has 0 aliphatic heterocycles. The molecule has 2 rings (SSSR count). The van der Waals surface area contributed by atoms with Gasteiger partial charge in [0.15, 0.2) is 0 Å². The van der Waals surface area contributed by atoms with Crippen molar-refractivity contribution in [2.24, 2.45) is 5.92 Å². The molecule has 0 aliphatic carbocycles. The Morgan fingerprint density at radius 3 is 2.47 bits per heavy atom. The zero-order chi connectivity index (χ0) is 13.9. The summed E-state index contributed by atoms with van der Waals surface area (Å²) >= 11 is 0. The highest BCUT2D eigenvalue weighted by atomic mass is 16.3. The second kappa shape index (κ2) is 5.72. The minimum Gasteiger partial charge on any atom is -0.384 e. The van der Waals surface area contributed by atoms with Crippen molar-refractivity contribution in [2.75, 3.05) is 13.1 Å². The van der Waals surface area contributed by atoms with E-state index in [9.17, 15) is 5.11 Å². The molecule has 102 valence electrons. The molecule has 0 spiro atoms. The van der Waals surface area contributed by atoms with Crippen molar-refractivity contribution in [3.63, 3.8) is 0 Å². The molecule has 0 saturated heterocycles. The molecule has 2 heteroatoms. The number of rotatable bonds is 5. The van der Waals surface area contributed by atoms with Gasteiger partial charge in [-0.25, -0.2) is 0 Å². The summed E-state index contributed by atoms with van der Waals surface area (Å²) in [7, 11) is 0. The molecule has 0 aliphatic rings. The van der Waals surface area contributed by atoms with Crippen LogP contribution < -0.4 is 5.32 Å². The zero-order valence-electron chi connectivity index (χ0n) is 12.0. The van der Waals surface area contributed by atoms with E-state index in [-0.39, 0.29) is 0 Å². The number of hydrogen-bond donors (Lipinski definition) is 2. The van der Waals surface area contributed by atoms with Gasteiger partial charge in [0.25, 0.3) is 0 Å². The Hall–Kier alpha value is -1.38. The van der Waals surface area contributed by atoms with Crippen LogP contribution in [-0.2, 0) is 5.60 Å². The highest BCUT2D eigenvalue weighted by Gasteiger charge is 2.22. The lowest BCUT2D eigenvalue weighted by Gasteiger charge is -2.25. The van der Waals surface area contributed by atoms with E-state index in [0.29, 0.717) is 12.5 Å². The van der Waals surface area contributed by atoms with Crippen molar-refractivity contribution in [2.45, 2.75) is 26.4 Å². The first-order valence-corrected chi connectivity index (χ1v) is 6.91. The fourth-order valence-electron chi connectivity index (χ4n) is 2.23. The summed E-state index contributed by atoms with van der Waals surface area (Å²) in [6.07, 6.45) is 0. The average Bonchev–Trinajstić information content (AvgIpc) is 2.37. The molecule has 19 heavy (non-hydrogen) atoms. The summed E-state index contributed by atoms with van der Waals surface area (Å²) < 4.78 is 0. The van der Waals surface area contributed by atoms with E-state index in [0.717, 1.165) is 12.1 Å². The molecular weight excluding hydrogens is 234 g/mol. The van der Waals surface area contributed by atoms with E-state index >= 15 is 0 Å². The lowest BCUT2D eigenvalue weighted by molar-refractivity contribution is 0.0565. The molecule has 0 fully saturated rings. The molecule has 0 heterocycles. The number of benzene rings is 2. The summed E-state index contributed by atoms with van der Waals surface area (Å²) in [6.45, 7) is 7.69. The lowest BCUT2D eigenvalue weighted by Crippen LogP contribution is -2.36. The van der Waals surface area contributed by atoms with E-state index < -0.39 is 5.60 Å². The van der Waals surface area contributed by atoms with E-state index in [4.69, 9.17) is 0 Å². The summed E-state index contributed by atoms with van der Waals surface area (Å²) in [6, 6.07) is 14.4. The standard InChI is InChI=1S/C17H23NO/c1-13(2)11-18-12-17(3,19)16-9-8-14-6-4-5-7-15(14)10-16/h4-10,13,18-19H,11-12H2,1-3H3. The number of aliphatic hydroxyl groups is 1. The maximum Gasteiger partial charge on any atom is 0.0992 e. The molecule has 0 aromatic heterocycles. The third-order valence-electron chi connectivity index (χ3n) is 3.39. The molecule has 0 radical (unpaired) electrons. The summed E-state index contributed by atoms with van der Waals surface area (Å²) in [4.78, 5) is 0. The molecule has 2 N–H and O–H groups in total. The molecule has 1 atom stereocenters. The molecule has 1 unspecified atom stereocenters. The summed E-state index contributed by atoms with van der Waals surface area (Å²) in [5.74, 6) is 0.590. The van der Waals surface area contributed by atoms with Crippen LogP contribution in [0, 0.1) is 5.92 Å². The minimum absolute atomic E-state index is 0.573. The monoisotopic (exact) mass is 257 g/mol. The molecule has 2 aromatic rings. The van der Waals surface area contributed by atoms with E-state index in [1.54, 1.807) is 0 Å². The Kier molecular flexibility index (Phi) is 4.23. The fraction of sp³-hybridized carbons (Fsp3) is 0.412. The van der Waals surface area contributed by atoms with Crippen LogP contribution in [-0.4, -0.2) is 18.2 Å². The maximum atomic E-state index is 10.6. The Morgan fingerprint density at radius 1 is 1.11 bits per heavy atom. The molecular formula is C17H23NO. The van der Waals surface area contributed by atoms with Gasteiger partial charge in [0, 0.05) is 6.54 Å². The van der Waals surface area contributed by atoms with Crippen molar-refractivity contribution < 1.29 is 5.11 Å². The van der Waals surface area contributed by atoms with Gasteiger partial charge < -0.3 is 10.4 Å². The van der Waals surface area contributed by atoms with Crippen LogP contribution in [0.3, 0.4) is 0 Å². The predicted octanol–water partition coefficient (Wildman–Crippen LogP) is 3.29. The quantitative estimate of drug-likeness (QED) is 0.861. The third-order valence-corrected chi connectivity index (χ3v) is 3.39. The van der Waals surface area contributed by atoms with Gasteiger partial charge in [0.1, 0.15) is 0 Å². The Morgan fingerprint density at radius 2 is 1.79 bits per heavy atom. The van der Waals surface area contributed by atoms with Gasteiger partial charge in [0.05, 0.1) is 5.60 Å². The highest BCUT2D eigenvalue weighted by molar-refractivity contribution is 5.83. The van der Waals surface area contributed by atoms with Crippen molar-refractivity contribution >= 4 is 10.8 Å². The van der Waals surface area contributed by atoms with Crippen LogP contribution in [0.1, 0.15) is 26.3 Å². The first-order valence-electron chi connectivity index (χ1n) is 6.91. The molecule has 0 amide bonds. The van der Waals surface area contributed by atoms with Gasteiger partial charge in [-0.05, 0) is 41.8 Å². The smallest absolute Gasteiger partial charge is 0.0992 e. The maximum absolute atomic E-state index is 10.6. The van der Waals surface area contributed by atoms with E-state index in [1.807, 2.05) is 25.1 Å². The highest BCUT2D eigenvalue weighted by Crippen LogP contribution is 2.24. The van der Waals surface area contributed by atoms with Crippen LogP contribution in [0.2, 0.25) is 0 Å². The van der Waals surface area contributed by atoms with Crippen molar-refractivity contribution in [3.05, 3.63) is 48.0 Å². The second-order valence-electron chi connectivity index (χ2n) is 5.86. The molecule has 0 bridgehead atoms. The largest absolute Gasteiger partial charge is 0.384 e. The Labute approximate surface area is 115 Å². The van der Waals surface area contributed by atoms with E-state index in [2.05, 4.69) is 43.4 Å². The molecule has 2 aromatic carbocycles. The normalized spacial score (nSPS) is 14.8. The number of hydrogen-bond acceptors (Lipinski definition) is 2. The van der Waals surface area contributed by atoms with Crippen LogP contribution >= 0.6 is 0 Å². The van der Waals surface area contributed by atoms with Gasteiger partial charge in [0.2, 0.25) is 0 Å². The first-order chi connectivity index (χ1) is 8.99.